The molecule has 0 saturated carbocycles. The minimum Gasteiger partial charge on any atom is -0.497 e. The molecule has 0 saturated heterocycles. The van der Waals surface area contributed by atoms with Gasteiger partial charge in [-0.15, -0.1) is 0 Å². The third-order valence-corrected chi connectivity index (χ3v) is 3.07. The van der Waals surface area contributed by atoms with Gasteiger partial charge in [0.1, 0.15) is 11.5 Å². The Morgan fingerprint density at radius 3 is 2.33 bits per heavy atom. The van der Waals surface area contributed by atoms with Gasteiger partial charge in [0.2, 0.25) is 5.89 Å². The summed E-state index contributed by atoms with van der Waals surface area (Å²) >= 11 is 0. The van der Waals surface area contributed by atoms with Crippen LogP contribution in [0.4, 0.5) is 0 Å². The van der Waals surface area contributed by atoms with E-state index in [0.717, 1.165) is 16.9 Å². The lowest BCUT2D eigenvalue weighted by atomic mass is 10.1. The summed E-state index contributed by atoms with van der Waals surface area (Å²) < 4.78 is 10.9. The van der Waals surface area contributed by atoms with Crippen molar-refractivity contribution in [3.8, 4) is 28.5 Å². The molecular weight excluding hydrogens is 266 g/mol. The Hall–Kier alpha value is -2.88. The molecule has 21 heavy (non-hydrogen) atoms. The second kappa shape index (κ2) is 5.63. The third-order valence-electron chi connectivity index (χ3n) is 3.07. The number of benzene rings is 2. The fourth-order valence-electron chi connectivity index (χ4n) is 2.00. The Kier molecular flexibility index (Phi) is 3.51. The average Bonchev–Trinajstić information content (AvgIpc) is 2.55. The minimum absolute atomic E-state index is 0.295. The molecule has 0 aliphatic rings. The monoisotopic (exact) mass is 279 g/mol. The zero-order valence-corrected chi connectivity index (χ0v) is 11.4. The summed E-state index contributed by atoms with van der Waals surface area (Å²) in [6.07, 6.45) is 0. The maximum absolute atomic E-state index is 11.8. The molecule has 0 spiro atoms. The topological polar surface area (TPSA) is 52.3 Å². The van der Waals surface area contributed by atoms with Crippen molar-refractivity contribution in [1.29, 1.82) is 0 Å². The van der Waals surface area contributed by atoms with Crippen LogP contribution in [0.25, 0.3) is 22.8 Å². The maximum atomic E-state index is 11.8. The highest BCUT2D eigenvalue weighted by Gasteiger charge is 2.08. The first-order valence-corrected chi connectivity index (χ1v) is 6.48. The molecule has 0 aliphatic heterocycles. The summed E-state index contributed by atoms with van der Waals surface area (Å²) in [5.74, 6) is 1.53. The van der Waals surface area contributed by atoms with Crippen molar-refractivity contribution in [3.05, 3.63) is 71.0 Å². The van der Waals surface area contributed by atoms with E-state index in [9.17, 15) is 4.79 Å². The van der Waals surface area contributed by atoms with E-state index in [4.69, 9.17) is 9.15 Å². The van der Waals surface area contributed by atoms with Crippen LogP contribution in [-0.4, -0.2) is 12.1 Å². The van der Waals surface area contributed by atoms with E-state index in [0.29, 0.717) is 11.7 Å². The zero-order chi connectivity index (χ0) is 14.7. The van der Waals surface area contributed by atoms with Gasteiger partial charge in [-0.05, 0) is 24.3 Å². The zero-order valence-electron chi connectivity index (χ0n) is 11.4. The standard InChI is InChI=1S/C17H13NO3/c1-20-14-9-7-13(8-10-14)17-18-16(19)11-15(21-17)12-5-3-2-4-6-12/h2-11H,1H3. The fourth-order valence-corrected chi connectivity index (χ4v) is 2.00. The highest BCUT2D eigenvalue weighted by molar-refractivity contribution is 5.60. The first-order valence-electron chi connectivity index (χ1n) is 6.48. The number of hydrogen-bond donors (Lipinski definition) is 0. The molecule has 3 aromatic rings. The number of nitrogens with zero attached hydrogens (tertiary/aromatic N) is 1. The molecule has 0 fully saturated rings. The smallest absolute Gasteiger partial charge is 0.276 e. The van der Waals surface area contributed by atoms with Crippen LogP contribution < -0.4 is 10.3 Å². The summed E-state index contributed by atoms with van der Waals surface area (Å²) in [5.41, 5.74) is 1.24. The van der Waals surface area contributed by atoms with Gasteiger partial charge in [0.25, 0.3) is 5.56 Å². The lowest BCUT2D eigenvalue weighted by molar-refractivity contribution is 0.415. The van der Waals surface area contributed by atoms with Crippen LogP contribution in [0.5, 0.6) is 5.75 Å². The third kappa shape index (κ3) is 2.84. The fraction of sp³-hybridized carbons (Fsp3) is 0.0588. The normalized spacial score (nSPS) is 10.3. The van der Waals surface area contributed by atoms with Gasteiger partial charge < -0.3 is 9.15 Å². The molecule has 0 radical (unpaired) electrons. The Balaban J connectivity index is 2.07. The van der Waals surface area contributed by atoms with Crippen LogP contribution in [0.2, 0.25) is 0 Å². The SMILES string of the molecule is COc1ccc(-c2nc(=O)cc(-c3ccccc3)o2)cc1. The van der Waals surface area contributed by atoms with Gasteiger partial charge >= 0.3 is 0 Å². The van der Waals surface area contributed by atoms with Crippen LogP contribution in [0, 0.1) is 0 Å². The molecular formula is C17H13NO3. The van der Waals surface area contributed by atoms with E-state index in [2.05, 4.69) is 4.98 Å². The number of hydrogen-bond acceptors (Lipinski definition) is 4. The van der Waals surface area contributed by atoms with Gasteiger partial charge in [-0.2, -0.15) is 4.98 Å². The van der Waals surface area contributed by atoms with E-state index < -0.39 is 0 Å². The number of methoxy groups -OCH3 is 1. The van der Waals surface area contributed by atoms with Gasteiger partial charge in [0.15, 0.2) is 0 Å². The van der Waals surface area contributed by atoms with Gasteiger partial charge in [-0.25, -0.2) is 0 Å². The van der Waals surface area contributed by atoms with E-state index in [-0.39, 0.29) is 5.56 Å². The Bertz CT molecular complexity index is 792. The molecule has 0 unspecified atom stereocenters. The molecule has 0 N–H and O–H groups in total. The summed E-state index contributed by atoms with van der Waals surface area (Å²) in [5, 5.41) is 0. The van der Waals surface area contributed by atoms with E-state index in [1.807, 2.05) is 30.3 Å². The first-order chi connectivity index (χ1) is 10.3. The highest BCUT2D eigenvalue weighted by atomic mass is 16.5. The molecule has 0 bridgehead atoms. The second-order valence-electron chi connectivity index (χ2n) is 4.46. The largest absolute Gasteiger partial charge is 0.497 e. The average molecular weight is 279 g/mol. The van der Waals surface area contributed by atoms with Gasteiger partial charge in [0.05, 0.1) is 7.11 Å². The van der Waals surface area contributed by atoms with Crippen molar-refractivity contribution in [1.82, 2.24) is 4.98 Å². The van der Waals surface area contributed by atoms with Crippen molar-refractivity contribution in [2.75, 3.05) is 7.11 Å². The maximum Gasteiger partial charge on any atom is 0.276 e. The number of rotatable bonds is 3. The summed E-state index contributed by atoms with van der Waals surface area (Å²) in [6.45, 7) is 0. The molecule has 4 heteroatoms. The predicted octanol–water partition coefficient (Wildman–Crippen LogP) is 3.38. The van der Waals surface area contributed by atoms with Crippen LogP contribution >= 0.6 is 0 Å². The summed E-state index contributed by atoms with van der Waals surface area (Å²) in [7, 11) is 1.60. The van der Waals surface area contributed by atoms with E-state index >= 15 is 0 Å². The van der Waals surface area contributed by atoms with Crippen LogP contribution in [-0.2, 0) is 0 Å². The van der Waals surface area contributed by atoms with Gasteiger partial charge in [-0.3, -0.25) is 4.79 Å². The molecule has 4 nitrogen and oxygen atoms in total. The van der Waals surface area contributed by atoms with Crippen molar-refractivity contribution < 1.29 is 9.15 Å². The molecule has 1 aromatic heterocycles. The van der Waals surface area contributed by atoms with Crippen molar-refractivity contribution in [2.24, 2.45) is 0 Å². The molecule has 104 valence electrons. The van der Waals surface area contributed by atoms with Crippen molar-refractivity contribution in [3.63, 3.8) is 0 Å². The molecule has 0 aliphatic carbocycles. The van der Waals surface area contributed by atoms with Crippen LogP contribution in [0.15, 0.2) is 69.9 Å². The quantitative estimate of drug-likeness (QED) is 0.737. The lowest BCUT2D eigenvalue weighted by Crippen LogP contribution is -2.05. The second-order valence-corrected chi connectivity index (χ2v) is 4.46. The lowest BCUT2D eigenvalue weighted by Gasteiger charge is -2.05. The van der Waals surface area contributed by atoms with E-state index in [1.165, 1.54) is 6.07 Å². The van der Waals surface area contributed by atoms with Crippen LogP contribution in [0.1, 0.15) is 0 Å². The Labute approximate surface area is 121 Å². The molecule has 2 aromatic carbocycles. The van der Waals surface area contributed by atoms with E-state index in [1.54, 1.807) is 31.4 Å². The molecule has 3 rings (SSSR count). The van der Waals surface area contributed by atoms with Crippen molar-refractivity contribution >= 4 is 0 Å². The Morgan fingerprint density at radius 2 is 1.67 bits per heavy atom. The number of aromatic nitrogens is 1. The molecule has 0 atom stereocenters. The number of ether oxygens (including phenoxy) is 1. The minimum atomic E-state index is -0.328. The predicted molar refractivity (Wildman–Crippen MR) is 80.2 cm³/mol. The summed E-state index contributed by atoms with van der Waals surface area (Å²) in [6, 6.07) is 18.1. The van der Waals surface area contributed by atoms with Gasteiger partial charge in [0, 0.05) is 17.2 Å². The Morgan fingerprint density at radius 1 is 0.952 bits per heavy atom. The first kappa shape index (κ1) is 13.1. The van der Waals surface area contributed by atoms with Gasteiger partial charge in [-0.1, -0.05) is 30.3 Å². The molecule has 0 amide bonds. The highest BCUT2D eigenvalue weighted by Crippen LogP contribution is 2.24. The van der Waals surface area contributed by atoms with Crippen molar-refractivity contribution in [2.45, 2.75) is 0 Å². The molecule has 1 heterocycles. The summed E-state index contributed by atoms with van der Waals surface area (Å²) in [4.78, 5) is 15.7. The van der Waals surface area contributed by atoms with Crippen LogP contribution in [0.3, 0.4) is 0 Å².